The molecular formula is C19H16F6N6O. The molecule has 0 unspecified atom stereocenters. The van der Waals surface area contributed by atoms with E-state index in [0.29, 0.717) is 31.0 Å². The molecule has 3 aromatic heterocycles. The third kappa shape index (κ3) is 3.50. The Balaban J connectivity index is 1.83. The summed E-state index contributed by atoms with van der Waals surface area (Å²) in [5.74, 6) is -1.08. The SMILES string of the molecule is Cn1nc(-c2ccnc(C(F)(F)F)c2)cc1C1(n2nc(C(F)(F)F)cc2C(N)=O)CCC1. The number of halogens is 6. The van der Waals surface area contributed by atoms with E-state index in [1.165, 1.54) is 23.9 Å². The Hall–Kier alpha value is -3.38. The largest absolute Gasteiger partial charge is 0.435 e. The van der Waals surface area contributed by atoms with Crippen LogP contribution in [0, 0.1) is 0 Å². The van der Waals surface area contributed by atoms with Crippen molar-refractivity contribution in [3.05, 3.63) is 53.2 Å². The van der Waals surface area contributed by atoms with E-state index in [1.54, 1.807) is 0 Å². The molecule has 1 saturated carbocycles. The van der Waals surface area contributed by atoms with Crippen LogP contribution in [-0.4, -0.2) is 30.5 Å². The first-order valence-corrected chi connectivity index (χ1v) is 9.38. The molecule has 170 valence electrons. The second-order valence-electron chi connectivity index (χ2n) is 7.54. The minimum atomic E-state index is -4.79. The molecule has 7 nitrogen and oxygen atoms in total. The molecule has 1 fully saturated rings. The number of rotatable bonds is 4. The zero-order chi connectivity index (χ0) is 23.5. The van der Waals surface area contributed by atoms with Crippen molar-refractivity contribution in [1.29, 1.82) is 0 Å². The van der Waals surface area contributed by atoms with Gasteiger partial charge in [-0.2, -0.15) is 36.5 Å². The highest BCUT2D eigenvalue weighted by atomic mass is 19.4. The standard InChI is InChI=1S/C19H16F6N6O/c1-30-15(8-11(28-30)10-3-6-27-13(7-10)18(20,21)22)17(4-2-5-17)31-12(16(26)32)9-14(29-31)19(23,24)25/h3,6-9H,2,4-5H2,1H3,(H2,26,32). The van der Waals surface area contributed by atoms with Crippen molar-refractivity contribution in [1.82, 2.24) is 24.5 Å². The van der Waals surface area contributed by atoms with E-state index >= 15 is 0 Å². The highest BCUT2D eigenvalue weighted by molar-refractivity contribution is 5.91. The molecule has 1 aliphatic rings. The van der Waals surface area contributed by atoms with E-state index in [0.717, 1.165) is 16.9 Å². The molecule has 0 aliphatic heterocycles. The molecule has 3 heterocycles. The van der Waals surface area contributed by atoms with E-state index in [9.17, 15) is 31.1 Å². The van der Waals surface area contributed by atoms with Crippen LogP contribution in [0.5, 0.6) is 0 Å². The van der Waals surface area contributed by atoms with Crippen molar-refractivity contribution in [2.75, 3.05) is 0 Å². The van der Waals surface area contributed by atoms with Gasteiger partial charge in [0.05, 0.1) is 11.4 Å². The van der Waals surface area contributed by atoms with Crippen molar-refractivity contribution >= 4 is 5.91 Å². The van der Waals surface area contributed by atoms with Crippen LogP contribution in [0.15, 0.2) is 30.5 Å². The van der Waals surface area contributed by atoms with Gasteiger partial charge >= 0.3 is 12.4 Å². The molecule has 1 amide bonds. The van der Waals surface area contributed by atoms with E-state index in [1.807, 2.05) is 0 Å². The summed E-state index contributed by atoms with van der Waals surface area (Å²) >= 11 is 0. The van der Waals surface area contributed by atoms with Crippen molar-refractivity contribution < 1.29 is 31.1 Å². The molecule has 0 bridgehead atoms. The first kappa shape index (κ1) is 21.8. The first-order valence-electron chi connectivity index (χ1n) is 9.38. The van der Waals surface area contributed by atoms with Gasteiger partial charge in [-0.1, -0.05) is 0 Å². The minimum absolute atomic E-state index is 0.134. The summed E-state index contributed by atoms with van der Waals surface area (Å²) < 4.78 is 81.2. The zero-order valence-electron chi connectivity index (χ0n) is 16.5. The number of hydrogen-bond acceptors (Lipinski definition) is 4. The number of aryl methyl sites for hydroxylation is 1. The number of primary amides is 1. The fourth-order valence-corrected chi connectivity index (χ4v) is 3.90. The van der Waals surface area contributed by atoms with Crippen molar-refractivity contribution in [3.8, 4) is 11.3 Å². The van der Waals surface area contributed by atoms with Gasteiger partial charge in [-0.15, -0.1) is 0 Å². The predicted octanol–water partition coefficient (Wildman–Crippen LogP) is 3.74. The molecular weight excluding hydrogens is 442 g/mol. The molecule has 0 spiro atoms. The van der Waals surface area contributed by atoms with E-state index in [-0.39, 0.29) is 11.3 Å². The lowest BCUT2D eigenvalue weighted by Gasteiger charge is -2.42. The molecule has 3 aromatic rings. The summed E-state index contributed by atoms with van der Waals surface area (Å²) in [5, 5.41) is 7.88. The fourth-order valence-electron chi connectivity index (χ4n) is 3.90. The second kappa shape index (κ2) is 7.07. The quantitative estimate of drug-likeness (QED) is 0.603. The van der Waals surface area contributed by atoms with E-state index < -0.39 is 40.9 Å². The highest BCUT2D eigenvalue weighted by Gasteiger charge is 2.48. The van der Waals surface area contributed by atoms with Gasteiger partial charge in [0.1, 0.15) is 16.9 Å². The number of nitrogens with zero attached hydrogens (tertiary/aromatic N) is 5. The maximum atomic E-state index is 13.3. The van der Waals surface area contributed by atoms with E-state index in [4.69, 9.17) is 5.73 Å². The van der Waals surface area contributed by atoms with Gasteiger partial charge < -0.3 is 5.73 Å². The van der Waals surface area contributed by atoms with Gasteiger partial charge in [-0.25, -0.2) is 4.68 Å². The smallest absolute Gasteiger partial charge is 0.364 e. The summed E-state index contributed by atoms with van der Waals surface area (Å²) in [4.78, 5) is 15.2. The molecule has 0 aromatic carbocycles. The molecule has 0 radical (unpaired) electrons. The minimum Gasteiger partial charge on any atom is -0.364 e. The fraction of sp³-hybridized carbons (Fsp3) is 0.368. The van der Waals surface area contributed by atoms with Crippen LogP contribution in [0.1, 0.15) is 46.8 Å². The number of carbonyl (C=O) groups is 1. The second-order valence-corrected chi connectivity index (χ2v) is 7.54. The Morgan fingerprint density at radius 2 is 1.69 bits per heavy atom. The first-order chi connectivity index (χ1) is 14.8. The van der Waals surface area contributed by atoms with Gasteiger partial charge in [-0.05, 0) is 37.5 Å². The normalized spacial score (nSPS) is 16.1. The Morgan fingerprint density at radius 1 is 1.03 bits per heavy atom. The summed E-state index contributed by atoms with van der Waals surface area (Å²) in [7, 11) is 1.52. The summed E-state index contributed by atoms with van der Waals surface area (Å²) in [6.45, 7) is 0. The number of alkyl halides is 6. The number of pyridine rings is 1. The summed E-state index contributed by atoms with van der Waals surface area (Å²) in [6, 6.07) is 4.26. The van der Waals surface area contributed by atoms with Gasteiger partial charge in [0.25, 0.3) is 5.91 Å². The number of carbonyl (C=O) groups excluding carboxylic acids is 1. The van der Waals surface area contributed by atoms with Crippen LogP contribution in [0.4, 0.5) is 26.3 Å². The monoisotopic (exact) mass is 458 g/mol. The lowest BCUT2D eigenvalue weighted by Crippen LogP contribution is -2.46. The van der Waals surface area contributed by atoms with Gasteiger partial charge in [0.2, 0.25) is 0 Å². The van der Waals surface area contributed by atoms with Gasteiger partial charge in [-0.3, -0.25) is 14.5 Å². The number of aromatic nitrogens is 5. The molecule has 32 heavy (non-hydrogen) atoms. The van der Waals surface area contributed by atoms with Crippen LogP contribution in [0.25, 0.3) is 11.3 Å². The van der Waals surface area contributed by atoms with Gasteiger partial charge in [0, 0.05) is 24.9 Å². The Labute approximate surface area is 176 Å². The zero-order valence-corrected chi connectivity index (χ0v) is 16.5. The van der Waals surface area contributed by atoms with Crippen molar-refractivity contribution in [2.24, 2.45) is 12.8 Å². The van der Waals surface area contributed by atoms with E-state index in [2.05, 4.69) is 15.2 Å². The van der Waals surface area contributed by atoms with Crippen molar-refractivity contribution in [3.63, 3.8) is 0 Å². The van der Waals surface area contributed by atoms with Crippen LogP contribution >= 0.6 is 0 Å². The van der Waals surface area contributed by atoms with Gasteiger partial charge in [0.15, 0.2) is 5.69 Å². The average molecular weight is 458 g/mol. The number of nitrogens with two attached hydrogens (primary N) is 1. The van der Waals surface area contributed by atoms with Crippen LogP contribution in [0.3, 0.4) is 0 Å². The number of amides is 1. The summed E-state index contributed by atoms with van der Waals surface area (Å²) in [5.41, 5.74) is 2.09. The average Bonchev–Trinajstić information content (AvgIpc) is 3.26. The molecule has 4 rings (SSSR count). The van der Waals surface area contributed by atoms with Crippen LogP contribution in [0.2, 0.25) is 0 Å². The highest BCUT2D eigenvalue weighted by Crippen LogP contribution is 2.47. The lowest BCUT2D eigenvalue weighted by molar-refractivity contribution is -0.142. The van der Waals surface area contributed by atoms with Crippen LogP contribution < -0.4 is 5.73 Å². The summed E-state index contributed by atoms with van der Waals surface area (Å²) in [6.07, 6.45) is -7.12. The Kier molecular flexibility index (Phi) is 4.82. The molecule has 0 atom stereocenters. The Morgan fingerprint density at radius 3 is 2.22 bits per heavy atom. The Bertz CT molecular complexity index is 1190. The van der Waals surface area contributed by atoms with Crippen molar-refractivity contribution in [2.45, 2.75) is 37.2 Å². The molecule has 2 N–H and O–H groups in total. The molecule has 13 heteroatoms. The number of hydrogen-bond donors (Lipinski definition) is 1. The predicted molar refractivity (Wildman–Crippen MR) is 98.1 cm³/mol. The molecule has 0 saturated heterocycles. The third-order valence-corrected chi connectivity index (χ3v) is 5.54. The van der Waals surface area contributed by atoms with Crippen LogP contribution in [-0.2, 0) is 24.9 Å². The third-order valence-electron chi connectivity index (χ3n) is 5.54. The maximum Gasteiger partial charge on any atom is 0.435 e. The maximum absolute atomic E-state index is 13.3. The topological polar surface area (TPSA) is 91.6 Å². The lowest BCUT2D eigenvalue weighted by atomic mass is 9.74. The molecule has 1 aliphatic carbocycles.